The predicted octanol–water partition coefficient (Wildman–Crippen LogP) is 2.61. The molecule has 0 aliphatic carbocycles. The molecule has 0 atom stereocenters. The summed E-state index contributed by atoms with van der Waals surface area (Å²) in [5.41, 5.74) is 0. The van der Waals surface area contributed by atoms with Crippen molar-refractivity contribution < 1.29 is 4.79 Å². The van der Waals surface area contributed by atoms with E-state index in [-0.39, 0.29) is 5.91 Å². The van der Waals surface area contributed by atoms with Crippen molar-refractivity contribution in [1.82, 2.24) is 10.2 Å². The van der Waals surface area contributed by atoms with E-state index in [2.05, 4.69) is 20.8 Å². The Morgan fingerprint density at radius 3 is 2.50 bits per heavy atom. The van der Waals surface area contributed by atoms with Gasteiger partial charge >= 0.3 is 0 Å². The summed E-state index contributed by atoms with van der Waals surface area (Å²) in [6.07, 6.45) is 0. The van der Waals surface area contributed by atoms with Crippen LogP contribution in [0.4, 0.5) is 11.6 Å². The molecule has 0 bridgehead atoms. The highest BCUT2D eigenvalue weighted by atomic mass is 32.1. The lowest BCUT2D eigenvalue weighted by Crippen LogP contribution is -2.14. The minimum Gasteiger partial charge on any atom is -0.366 e. The monoisotopic (exact) mass is 262 g/mol. The van der Waals surface area contributed by atoms with Gasteiger partial charge in [0.05, 0.1) is 4.88 Å². The molecular weight excluding hydrogens is 248 g/mol. The van der Waals surface area contributed by atoms with E-state index in [1.807, 2.05) is 25.3 Å². The number of nitrogens with zero attached hydrogens (tertiary/aromatic N) is 2. The molecular formula is C12H14N4OS. The standard InChI is InChI=1S/C12H14N4OS/c1-8(2)13-10-5-6-11(16-15-10)14-12(17)9-4-3-7-18-9/h3-8H,1-2H3,(H,13,15)(H,14,16,17). The maximum absolute atomic E-state index is 11.8. The zero-order chi connectivity index (χ0) is 13.0. The zero-order valence-electron chi connectivity index (χ0n) is 10.2. The van der Waals surface area contributed by atoms with Crippen LogP contribution in [-0.4, -0.2) is 22.1 Å². The van der Waals surface area contributed by atoms with Crippen molar-refractivity contribution in [3.8, 4) is 0 Å². The van der Waals surface area contributed by atoms with Crippen molar-refractivity contribution >= 4 is 28.9 Å². The minimum atomic E-state index is -0.163. The van der Waals surface area contributed by atoms with Gasteiger partial charge in [0.2, 0.25) is 0 Å². The minimum absolute atomic E-state index is 0.163. The predicted molar refractivity (Wildman–Crippen MR) is 73.1 cm³/mol. The van der Waals surface area contributed by atoms with Crippen LogP contribution in [0.15, 0.2) is 29.6 Å². The van der Waals surface area contributed by atoms with Crippen LogP contribution in [0.5, 0.6) is 0 Å². The van der Waals surface area contributed by atoms with E-state index in [1.54, 1.807) is 18.2 Å². The van der Waals surface area contributed by atoms with Crippen molar-refractivity contribution in [1.29, 1.82) is 0 Å². The number of anilines is 2. The number of thiophene rings is 1. The van der Waals surface area contributed by atoms with E-state index in [9.17, 15) is 4.79 Å². The summed E-state index contributed by atoms with van der Waals surface area (Å²) in [6, 6.07) is 7.41. The molecule has 2 heterocycles. The van der Waals surface area contributed by atoms with Crippen molar-refractivity contribution in [2.45, 2.75) is 19.9 Å². The first-order valence-electron chi connectivity index (χ1n) is 5.60. The molecule has 2 N–H and O–H groups in total. The molecule has 0 saturated carbocycles. The molecule has 0 radical (unpaired) electrons. The number of aromatic nitrogens is 2. The molecule has 94 valence electrons. The Balaban J connectivity index is 2.00. The molecule has 2 aromatic heterocycles. The highest BCUT2D eigenvalue weighted by Crippen LogP contribution is 2.12. The third kappa shape index (κ3) is 3.27. The molecule has 6 heteroatoms. The summed E-state index contributed by atoms with van der Waals surface area (Å²) in [7, 11) is 0. The normalized spacial score (nSPS) is 10.4. The number of hydrogen-bond donors (Lipinski definition) is 2. The maximum Gasteiger partial charge on any atom is 0.266 e. The third-order valence-electron chi connectivity index (χ3n) is 2.09. The topological polar surface area (TPSA) is 66.9 Å². The van der Waals surface area contributed by atoms with Gasteiger partial charge in [-0.25, -0.2) is 0 Å². The molecule has 0 aromatic carbocycles. The van der Waals surface area contributed by atoms with E-state index in [1.165, 1.54) is 11.3 Å². The highest BCUT2D eigenvalue weighted by molar-refractivity contribution is 7.12. The molecule has 18 heavy (non-hydrogen) atoms. The lowest BCUT2D eigenvalue weighted by molar-refractivity contribution is 0.103. The van der Waals surface area contributed by atoms with E-state index in [0.29, 0.717) is 22.6 Å². The fraction of sp³-hybridized carbons (Fsp3) is 0.250. The molecule has 2 aromatic rings. The summed E-state index contributed by atoms with van der Waals surface area (Å²) in [4.78, 5) is 12.4. The first kappa shape index (κ1) is 12.5. The van der Waals surface area contributed by atoms with Gasteiger partial charge in [-0.1, -0.05) is 6.07 Å². The molecule has 5 nitrogen and oxygen atoms in total. The van der Waals surface area contributed by atoms with Crippen LogP contribution in [-0.2, 0) is 0 Å². The van der Waals surface area contributed by atoms with Gasteiger partial charge in [-0.05, 0) is 37.4 Å². The van der Waals surface area contributed by atoms with Gasteiger partial charge in [0.25, 0.3) is 5.91 Å². The second kappa shape index (κ2) is 5.59. The van der Waals surface area contributed by atoms with Crippen molar-refractivity contribution in [2.75, 3.05) is 10.6 Å². The fourth-order valence-electron chi connectivity index (χ4n) is 1.36. The number of nitrogens with one attached hydrogen (secondary N) is 2. The smallest absolute Gasteiger partial charge is 0.266 e. The first-order chi connectivity index (χ1) is 8.65. The largest absolute Gasteiger partial charge is 0.366 e. The molecule has 1 amide bonds. The van der Waals surface area contributed by atoms with Gasteiger partial charge < -0.3 is 10.6 Å². The van der Waals surface area contributed by atoms with Gasteiger partial charge in [0, 0.05) is 6.04 Å². The lowest BCUT2D eigenvalue weighted by Gasteiger charge is -2.08. The van der Waals surface area contributed by atoms with Gasteiger partial charge in [-0.2, -0.15) is 0 Å². The van der Waals surface area contributed by atoms with Crippen LogP contribution in [0.1, 0.15) is 23.5 Å². The first-order valence-corrected chi connectivity index (χ1v) is 6.48. The zero-order valence-corrected chi connectivity index (χ0v) is 11.0. The van der Waals surface area contributed by atoms with Crippen LogP contribution in [0.25, 0.3) is 0 Å². The molecule has 0 saturated heterocycles. The number of carbonyl (C=O) groups excluding carboxylic acids is 1. The Labute approximate surface area is 109 Å². The van der Waals surface area contributed by atoms with E-state index < -0.39 is 0 Å². The van der Waals surface area contributed by atoms with Gasteiger partial charge in [0.15, 0.2) is 5.82 Å². The third-order valence-corrected chi connectivity index (χ3v) is 2.96. The Morgan fingerprint density at radius 1 is 1.22 bits per heavy atom. The maximum atomic E-state index is 11.8. The van der Waals surface area contributed by atoms with E-state index >= 15 is 0 Å². The second-order valence-electron chi connectivity index (χ2n) is 4.03. The van der Waals surface area contributed by atoms with Crippen LogP contribution in [0, 0.1) is 0 Å². The number of hydrogen-bond acceptors (Lipinski definition) is 5. The van der Waals surface area contributed by atoms with Crippen molar-refractivity contribution in [2.24, 2.45) is 0 Å². The number of amides is 1. The Hall–Kier alpha value is -1.95. The van der Waals surface area contributed by atoms with E-state index in [4.69, 9.17) is 0 Å². The summed E-state index contributed by atoms with van der Waals surface area (Å²) in [5.74, 6) is 0.977. The summed E-state index contributed by atoms with van der Waals surface area (Å²) >= 11 is 1.39. The van der Waals surface area contributed by atoms with Crippen LogP contribution in [0.3, 0.4) is 0 Å². The fourth-order valence-corrected chi connectivity index (χ4v) is 1.98. The summed E-state index contributed by atoms with van der Waals surface area (Å²) in [5, 5.41) is 15.6. The van der Waals surface area contributed by atoms with Gasteiger partial charge in [-0.3, -0.25) is 4.79 Å². The van der Waals surface area contributed by atoms with Crippen LogP contribution >= 0.6 is 11.3 Å². The molecule has 0 spiro atoms. The SMILES string of the molecule is CC(C)Nc1ccc(NC(=O)c2cccs2)nn1. The van der Waals surface area contributed by atoms with Crippen LogP contribution in [0.2, 0.25) is 0 Å². The average Bonchev–Trinajstić information content (AvgIpc) is 2.84. The number of rotatable bonds is 4. The average molecular weight is 262 g/mol. The molecule has 0 aliphatic heterocycles. The summed E-state index contributed by atoms with van der Waals surface area (Å²) < 4.78 is 0. The Kier molecular flexibility index (Phi) is 3.88. The van der Waals surface area contributed by atoms with Crippen molar-refractivity contribution in [3.63, 3.8) is 0 Å². The van der Waals surface area contributed by atoms with Gasteiger partial charge in [0.1, 0.15) is 5.82 Å². The molecule has 0 aliphatic rings. The Bertz CT molecular complexity index is 507. The van der Waals surface area contributed by atoms with Crippen molar-refractivity contribution in [3.05, 3.63) is 34.5 Å². The molecule has 0 fully saturated rings. The second-order valence-corrected chi connectivity index (χ2v) is 4.98. The summed E-state index contributed by atoms with van der Waals surface area (Å²) in [6.45, 7) is 4.04. The van der Waals surface area contributed by atoms with Gasteiger partial charge in [-0.15, -0.1) is 21.5 Å². The lowest BCUT2D eigenvalue weighted by atomic mass is 10.4. The highest BCUT2D eigenvalue weighted by Gasteiger charge is 2.07. The molecule has 0 unspecified atom stereocenters. The quantitative estimate of drug-likeness (QED) is 0.888. The van der Waals surface area contributed by atoms with E-state index in [0.717, 1.165) is 0 Å². The Morgan fingerprint density at radius 2 is 1.94 bits per heavy atom. The van der Waals surface area contributed by atoms with Crippen LogP contribution < -0.4 is 10.6 Å². The number of carbonyl (C=O) groups is 1. The molecule has 2 rings (SSSR count).